The van der Waals surface area contributed by atoms with Crippen LogP contribution in [0.1, 0.15) is 16.7 Å². The fourth-order valence-corrected chi connectivity index (χ4v) is 1.62. The van der Waals surface area contributed by atoms with Crippen molar-refractivity contribution in [2.24, 2.45) is 0 Å². The number of nitrogens with zero attached hydrogens (tertiary/aromatic N) is 3. The first-order valence-corrected chi connectivity index (χ1v) is 5.57. The fraction of sp³-hybridized carbons (Fsp3) is 0.0714. The first-order valence-electron chi connectivity index (χ1n) is 5.57. The van der Waals surface area contributed by atoms with Gasteiger partial charge in [-0.1, -0.05) is 6.07 Å². The van der Waals surface area contributed by atoms with Gasteiger partial charge in [-0.3, -0.25) is 0 Å². The average molecular weight is 249 g/mol. The number of aryl methyl sites for hydroxylation is 1. The summed E-state index contributed by atoms with van der Waals surface area (Å²) in [5.41, 5.74) is 8.63. The number of nitrogen functional groups attached to an aromatic ring is 1. The molecule has 0 bridgehead atoms. The molecule has 3 N–H and O–H groups in total. The molecule has 2 aromatic rings. The molecule has 0 aliphatic heterocycles. The second kappa shape index (κ2) is 5.07. The zero-order valence-electron chi connectivity index (χ0n) is 10.3. The molecule has 5 heteroatoms. The molecule has 0 aliphatic rings. The highest BCUT2D eigenvalue weighted by molar-refractivity contribution is 5.68. The van der Waals surface area contributed by atoms with Crippen molar-refractivity contribution in [3.05, 3.63) is 47.2 Å². The molecule has 19 heavy (non-hydrogen) atoms. The molecule has 2 rings (SSSR count). The lowest BCUT2D eigenvalue weighted by molar-refractivity contribution is 1.28. The van der Waals surface area contributed by atoms with Crippen LogP contribution in [-0.2, 0) is 0 Å². The van der Waals surface area contributed by atoms with Crippen LogP contribution in [0, 0.1) is 29.6 Å². The number of benzene rings is 1. The summed E-state index contributed by atoms with van der Waals surface area (Å²) in [6, 6.07) is 11.0. The third kappa shape index (κ3) is 2.62. The van der Waals surface area contributed by atoms with Crippen LogP contribution in [0.15, 0.2) is 30.5 Å². The molecule has 0 unspecified atom stereocenters. The van der Waals surface area contributed by atoms with Gasteiger partial charge in [-0.25, -0.2) is 4.98 Å². The molecule has 5 nitrogen and oxygen atoms in total. The van der Waals surface area contributed by atoms with Crippen molar-refractivity contribution in [1.82, 2.24) is 4.98 Å². The summed E-state index contributed by atoms with van der Waals surface area (Å²) in [4.78, 5) is 4.10. The van der Waals surface area contributed by atoms with E-state index in [4.69, 9.17) is 16.3 Å². The van der Waals surface area contributed by atoms with Crippen LogP contribution < -0.4 is 11.1 Å². The molecular formula is C14H11N5. The molecule has 0 atom stereocenters. The Morgan fingerprint density at radius 1 is 1.21 bits per heavy atom. The van der Waals surface area contributed by atoms with Crippen molar-refractivity contribution in [2.75, 3.05) is 11.1 Å². The highest BCUT2D eigenvalue weighted by Gasteiger charge is 2.07. The summed E-state index contributed by atoms with van der Waals surface area (Å²) < 4.78 is 0. The van der Waals surface area contributed by atoms with E-state index in [0.29, 0.717) is 22.6 Å². The van der Waals surface area contributed by atoms with Crippen molar-refractivity contribution in [3.63, 3.8) is 0 Å². The van der Waals surface area contributed by atoms with E-state index in [1.807, 2.05) is 19.1 Å². The van der Waals surface area contributed by atoms with Crippen LogP contribution in [0.4, 0.5) is 17.2 Å². The first-order chi connectivity index (χ1) is 9.13. The minimum absolute atomic E-state index is 0.363. The van der Waals surface area contributed by atoms with Gasteiger partial charge in [0.15, 0.2) is 0 Å². The van der Waals surface area contributed by atoms with Crippen LogP contribution in [0.5, 0.6) is 0 Å². The lowest BCUT2D eigenvalue weighted by Crippen LogP contribution is -2.00. The Balaban J connectivity index is 2.42. The summed E-state index contributed by atoms with van der Waals surface area (Å²) in [6.45, 7) is 1.91. The maximum atomic E-state index is 9.05. The molecule has 0 amide bonds. The zero-order valence-corrected chi connectivity index (χ0v) is 10.3. The number of pyridine rings is 1. The van der Waals surface area contributed by atoms with Crippen LogP contribution in [-0.4, -0.2) is 4.98 Å². The average Bonchev–Trinajstić information content (AvgIpc) is 2.43. The van der Waals surface area contributed by atoms with Crippen LogP contribution >= 0.6 is 0 Å². The quantitative estimate of drug-likeness (QED) is 0.851. The van der Waals surface area contributed by atoms with Gasteiger partial charge in [0.2, 0.25) is 0 Å². The Bertz CT molecular complexity index is 707. The smallest absolute Gasteiger partial charge is 0.148 e. The van der Waals surface area contributed by atoms with E-state index in [0.717, 1.165) is 11.3 Å². The molecule has 0 aliphatic carbocycles. The van der Waals surface area contributed by atoms with Gasteiger partial charge in [-0.15, -0.1) is 0 Å². The molecule has 92 valence electrons. The molecule has 1 aromatic carbocycles. The largest absolute Gasteiger partial charge is 0.397 e. The Hall–Kier alpha value is -3.05. The minimum Gasteiger partial charge on any atom is -0.397 e. The van der Waals surface area contributed by atoms with Crippen molar-refractivity contribution in [1.29, 1.82) is 10.5 Å². The molecule has 0 radical (unpaired) electrons. The topological polar surface area (TPSA) is 98.5 Å². The number of aromatic nitrogens is 1. The summed E-state index contributed by atoms with van der Waals surface area (Å²) in [5.74, 6) is 0.426. The number of nitrogens with one attached hydrogen (secondary N) is 1. The predicted molar refractivity (Wildman–Crippen MR) is 72.5 cm³/mol. The van der Waals surface area contributed by atoms with E-state index in [-0.39, 0.29) is 0 Å². The van der Waals surface area contributed by atoms with E-state index in [2.05, 4.69) is 16.4 Å². The van der Waals surface area contributed by atoms with Gasteiger partial charge in [-0.2, -0.15) is 10.5 Å². The van der Waals surface area contributed by atoms with E-state index in [1.165, 1.54) is 6.20 Å². The van der Waals surface area contributed by atoms with Crippen molar-refractivity contribution < 1.29 is 0 Å². The van der Waals surface area contributed by atoms with E-state index in [1.54, 1.807) is 18.2 Å². The number of rotatable bonds is 2. The maximum Gasteiger partial charge on any atom is 0.148 e. The Morgan fingerprint density at radius 2 is 2.00 bits per heavy atom. The normalized spacial score (nSPS) is 9.42. The van der Waals surface area contributed by atoms with Crippen molar-refractivity contribution >= 4 is 17.2 Å². The summed E-state index contributed by atoms with van der Waals surface area (Å²) in [6.07, 6.45) is 1.48. The maximum absolute atomic E-state index is 9.05. The molecule has 1 heterocycles. The predicted octanol–water partition coefficient (Wildman–Crippen LogP) is 2.46. The third-order valence-electron chi connectivity index (χ3n) is 2.65. The number of nitriles is 2. The van der Waals surface area contributed by atoms with Crippen LogP contribution in [0.3, 0.4) is 0 Å². The lowest BCUT2D eigenvalue weighted by atomic mass is 10.1. The summed E-state index contributed by atoms with van der Waals surface area (Å²) in [5, 5.41) is 21.0. The van der Waals surface area contributed by atoms with Gasteiger partial charge in [-0.05, 0) is 30.7 Å². The molecule has 0 spiro atoms. The second-order valence-corrected chi connectivity index (χ2v) is 4.04. The van der Waals surface area contributed by atoms with E-state index in [9.17, 15) is 0 Å². The van der Waals surface area contributed by atoms with Gasteiger partial charge < -0.3 is 11.1 Å². The number of nitrogens with two attached hydrogens (primary N) is 1. The Kier molecular flexibility index (Phi) is 3.31. The van der Waals surface area contributed by atoms with E-state index < -0.39 is 0 Å². The van der Waals surface area contributed by atoms with Gasteiger partial charge >= 0.3 is 0 Å². The molecule has 0 saturated carbocycles. The fourth-order valence-electron chi connectivity index (χ4n) is 1.62. The third-order valence-corrected chi connectivity index (χ3v) is 2.65. The van der Waals surface area contributed by atoms with Gasteiger partial charge in [0.1, 0.15) is 11.9 Å². The molecular weight excluding hydrogens is 238 g/mol. The molecule has 0 saturated heterocycles. The second-order valence-electron chi connectivity index (χ2n) is 4.04. The Morgan fingerprint density at radius 3 is 2.68 bits per heavy atom. The van der Waals surface area contributed by atoms with Crippen molar-refractivity contribution in [3.8, 4) is 12.1 Å². The van der Waals surface area contributed by atoms with Gasteiger partial charge in [0.25, 0.3) is 0 Å². The number of hydrogen-bond donors (Lipinski definition) is 2. The SMILES string of the molecule is Cc1ccc(C#N)cc1Nc1ncc(N)cc1C#N. The Labute approximate surface area is 110 Å². The van der Waals surface area contributed by atoms with Crippen LogP contribution in [0.2, 0.25) is 0 Å². The van der Waals surface area contributed by atoms with E-state index >= 15 is 0 Å². The highest BCUT2D eigenvalue weighted by atomic mass is 15.0. The van der Waals surface area contributed by atoms with Crippen LogP contribution in [0.25, 0.3) is 0 Å². The standard InChI is InChI=1S/C14H11N5/c1-9-2-3-10(6-15)4-13(9)19-14-11(7-16)5-12(17)8-18-14/h2-5,8H,17H2,1H3,(H,18,19). The first kappa shape index (κ1) is 12.4. The lowest BCUT2D eigenvalue weighted by Gasteiger charge is -2.10. The van der Waals surface area contributed by atoms with Gasteiger partial charge in [0.05, 0.1) is 29.1 Å². The summed E-state index contributed by atoms with van der Waals surface area (Å²) in [7, 11) is 0. The monoisotopic (exact) mass is 249 g/mol. The van der Waals surface area contributed by atoms with Crippen molar-refractivity contribution in [2.45, 2.75) is 6.92 Å². The number of hydrogen-bond acceptors (Lipinski definition) is 5. The summed E-state index contributed by atoms with van der Waals surface area (Å²) >= 11 is 0. The minimum atomic E-state index is 0.363. The zero-order chi connectivity index (χ0) is 13.8. The molecule has 0 fully saturated rings. The van der Waals surface area contributed by atoms with Gasteiger partial charge in [0, 0.05) is 5.69 Å². The number of anilines is 3. The molecule has 1 aromatic heterocycles. The highest BCUT2D eigenvalue weighted by Crippen LogP contribution is 2.23.